The first-order valence-electron chi connectivity index (χ1n) is 13.1. The molecule has 0 aliphatic heterocycles. The van der Waals surface area contributed by atoms with Gasteiger partial charge in [-0.25, -0.2) is 4.79 Å². The highest BCUT2D eigenvalue weighted by atomic mass is 16.5. The number of carbonyl (C=O) groups excluding carboxylic acids is 2. The van der Waals surface area contributed by atoms with Crippen molar-refractivity contribution >= 4 is 11.9 Å². The van der Waals surface area contributed by atoms with Crippen LogP contribution in [-0.4, -0.2) is 34.9 Å². The third-order valence-corrected chi connectivity index (χ3v) is 10.5. The second-order valence-electron chi connectivity index (χ2n) is 12.1. The van der Waals surface area contributed by atoms with Gasteiger partial charge in [0.15, 0.2) is 0 Å². The number of hydrogen-bond donors (Lipinski definition) is 1. The molecule has 4 aliphatic carbocycles. The van der Waals surface area contributed by atoms with E-state index in [1.165, 1.54) is 26.2 Å². The lowest BCUT2D eigenvalue weighted by Gasteiger charge is -2.63. The molecule has 4 fully saturated rings. The Hall–Kier alpha value is -2.15. The summed E-state index contributed by atoms with van der Waals surface area (Å²) in [5.41, 5.74) is -1.03. The Bertz CT molecular complexity index is 1040. The third kappa shape index (κ3) is 3.76. The molecule has 0 spiro atoms. The minimum absolute atomic E-state index is 0.00369. The van der Waals surface area contributed by atoms with E-state index in [1.807, 2.05) is 0 Å². The number of hydrogen-bond acceptors (Lipinski definition) is 7. The Labute approximate surface area is 206 Å². The quantitative estimate of drug-likeness (QED) is 0.634. The van der Waals surface area contributed by atoms with Gasteiger partial charge >= 0.3 is 17.6 Å². The van der Waals surface area contributed by atoms with E-state index < -0.39 is 22.7 Å². The third-order valence-electron chi connectivity index (χ3n) is 10.5. The molecule has 0 unspecified atom stereocenters. The SMILES string of the molecule is CC(=O)O[C@H]1CC[C@@]2(C)[C@H](CC[C@@H]3[C@@H]2CC[C@]2(C)[C@@H](c4ccc(=O)oc4)[C@@H](OC(C)=O)C[C@]32O)C1. The first-order chi connectivity index (χ1) is 16.5. The zero-order chi connectivity index (χ0) is 25.2. The lowest BCUT2D eigenvalue weighted by atomic mass is 9.43. The van der Waals surface area contributed by atoms with Gasteiger partial charge in [-0.05, 0) is 79.7 Å². The summed E-state index contributed by atoms with van der Waals surface area (Å²) in [7, 11) is 0. The largest absolute Gasteiger partial charge is 0.463 e. The van der Waals surface area contributed by atoms with E-state index in [9.17, 15) is 19.5 Å². The fourth-order valence-electron chi connectivity index (χ4n) is 8.99. The Balaban J connectivity index is 1.48. The fraction of sp³-hybridized carbons (Fsp3) is 0.750. The summed E-state index contributed by atoms with van der Waals surface area (Å²) in [5, 5.41) is 12.6. The molecule has 35 heavy (non-hydrogen) atoms. The lowest BCUT2D eigenvalue weighted by molar-refractivity contribution is -0.207. The van der Waals surface area contributed by atoms with Crippen molar-refractivity contribution in [3.05, 3.63) is 34.4 Å². The van der Waals surface area contributed by atoms with E-state index in [4.69, 9.17) is 13.9 Å². The summed E-state index contributed by atoms with van der Waals surface area (Å²) in [6.45, 7) is 7.41. The molecule has 4 aliphatic rings. The maximum Gasteiger partial charge on any atom is 0.335 e. The first-order valence-corrected chi connectivity index (χ1v) is 13.1. The van der Waals surface area contributed by atoms with Crippen LogP contribution in [0.1, 0.15) is 90.5 Å². The molecule has 9 atom stereocenters. The van der Waals surface area contributed by atoms with Gasteiger partial charge in [-0.15, -0.1) is 0 Å². The summed E-state index contributed by atoms with van der Waals surface area (Å²) in [4.78, 5) is 35.2. The second-order valence-corrected chi connectivity index (χ2v) is 12.1. The highest BCUT2D eigenvalue weighted by Crippen LogP contribution is 2.71. The highest BCUT2D eigenvalue weighted by Gasteiger charge is 2.70. The predicted octanol–water partition coefficient (Wildman–Crippen LogP) is 4.35. The summed E-state index contributed by atoms with van der Waals surface area (Å²) < 4.78 is 16.6. The zero-order valence-corrected chi connectivity index (χ0v) is 21.2. The summed E-state index contributed by atoms with van der Waals surface area (Å²) in [6, 6.07) is 3.16. The van der Waals surface area contributed by atoms with Crippen LogP contribution in [0.4, 0.5) is 0 Å². The van der Waals surface area contributed by atoms with Gasteiger partial charge in [0, 0.05) is 37.7 Å². The molecule has 0 aromatic carbocycles. The molecule has 0 bridgehead atoms. The average molecular weight is 487 g/mol. The molecule has 0 radical (unpaired) electrons. The predicted molar refractivity (Wildman–Crippen MR) is 127 cm³/mol. The first kappa shape index (κ1) is 24.5. The minimum Gasteiger partial charge on any atom is -0.463 e. The number of carbonyl (C=O) groups is 2. The van der Waals surface area contributed by atoms with Crippen LogP contribution in [0.25, 0.3) is 0 Å². The molecule has 192 valence electrons. The average Bonchev–Trinajstić information content (AvgIpc) is 3.00. The molecular weight excluding hydrogens is 448 g/mol. The lowest BCUT2D eigenvalue weighted by Crippen LogP contribution is -2.62. The van der Waals surface area contributed by atoms with Crippen molar-refractivity contribution < 1.29 is 28.6 Å². The normalized spacial score (nSPS) is 44.5. The van der Waals surface area contributed by atoms with Crippen molar-refractivity contribution in [1.29, 1.82) is 0 Å². The summed E-state index contributed by atoms with van der Waals surface area (Å²) in [5.74, 6) is 0.126. The van der Waals surface area contributed by atoms with Gasteiger partial charge in [0.25, 0.3) is 0 Å². The number of esters is 2. The van der Waals surface area contributed by atoms with E-state index >= 15 is 0 Å². The summed E-state index contributed by atoms with van der Waals surface area (Å²) >= 11 is 0. The van der Waals surface area contributed by atoms with Crippen molar-refractivity contribution in [3.8, 4) is 0 Å². The molecule has 0 saturated heterocycles. The van der Waals surface area contributed by atoms with Gasteiger partial charge in [0.2, 0.25) is 0 Å². The van der Waals surface area contributed by atoms with Crippen LogP contribution >= 0.6 is 0 Å². The van der Waals surface area contributed by atoms with Crippen LogP contribution in [0.5, 0.6) is 0 Å². The van der Waals surface area contributed by atoms with Crippen molar-refractivity contribution in [2.45, 2.75) is 103 Å². The molecule has 1 aromatic heterocycles. The van der Waals surface area contributed by atoms with E-state index in [0.29, 0.717) is 18.3 Å². The molecular formula is C28H38O7. The number of rotatable bonds is 3. The van der Waals surface area contributed by atoms with Crippen LogP contribution in [0.15, 0.2) is 27.6 Å². The van der Waals surface area contributed by atoms with Gasteiger partial charge < -0.3 is 19.0 Å². The molecule has 4 saturated carbocycles. The molecule has 1 heterocycles. The van der Waals surface area contributed by atoms with Crippen LogP contribution in [0.3, 0.4) is 0 Å². The van der Waals surface area contributed by atoms with Gasteiger partial charge in [-0.2, -0.15) is 0 Å². The minimum atomic E-state index is -0.989. The van der Waals surface area contributed by atoms with E-state index in [-0.39, 0.29) is 35.3 Å². The topological polar surface area (TPSA) is 103 Å². The summed E-state index contributed by atoms with van der Waals surface area (Å²) in [6.07, 6.45) is 7.86. The number of ether oxygens (including phenoxy) is 2. The van der Waals surface area contributed by atoms with Crippen molar-refractivity contribution in [1.82, 2.24) is 0 Å². The molecule has 0 amide bonds. The van der Waals surface area contributed by atoms with Crippen molar-refractivity contribution in [2.24, 2.45) is 28.6 Å². The number of aliphatic hydroxyl groups is 1. The van der Waals surface area contributed by atoms with Crippen LogP contribution < -0.4 is 5.63 Å². The van der Waals surface area contributed by atoms with Crippen LogP contribution in [0.2, 0.25) is 0 Å². The maximum absolute atomic E-state index is 12.6. The van der Waals surface area contributed by atoms with E-state index in [2.05, 4.69) is 13.8 Å². The Kier molecular flexibility index (Phi) is 5.93. The molecule has 7 heteroatoms. The van der Waals surface area contributed by atoms with Crippen LogP contribution in [0, 0.1) is 28.6 Å². The van der Waals surface area contributed by atoms with Gasteiger partial charge in [-0.1, -0.05) is 13.8 Å². The zero-order valence-electron chi connectivity index (χ0n) is 21.2. The number of fused-ring (bicyclic) bond motifs is 5. The molecule has 5 rings (SSSR count). The van der Waals surface area contributed by atoms with Crippen molar-refractivity contribution in [3.63, 3.8) is 0 Å². The maximum atomic E-state index is 12.6. The van der Waals surface area contributed by atoms with Gasteiger partial charge in [0.1, 0.15) is 12.2 Å². The Morgan fingerprint density at radius 1 is 1.00 bits per heavy atom. The Morgan fingerprint density at radius 3 is 2.40 bits per heavy atom. The second kappa shape index (κ2) is 8.46. The monoisotopic (exact) mass is 486 g/mol. The standard InChI is InChI=1S/C28H38O7/c1-16(29)34-20-9-11-26(3)19(13-20)6-7-22-21(26)10-12-27(4)25(18-5-8-24(31)33-15-18)23(35-17(2)30)14-28(22,27)32/h5,8,15,19-23,25,32H,6-7,9-14H2,1-4H3/t19-,20+,21+,22-,23+,25+,26+,27-,28+/m1/s1. The van der Waals surface area contributed by atoms with E-state index in [0.717, 1.165) is 50.5 Å². The highest BCUT2D eigenvalue weighted by molar-refractivity contribution is 5.66. The molecule has 7 nitrogen and oxygen atoms in total. The van der Waals surface area contributed by atoms with E-state index in [1.54, 1.807) is 6.07 Å². The van der Waals surface area contributed by atoms with Crippen LogP contribution in [-0.2, 0) is 19.1 Å². The van der Waals surface area contributed by atoms with Gasteiger partial charge in [-0.3, -0.25) is 9.59 Å². The molecule has 1 aromatic rings. The van der Waals surface area contributed by atoms with Gasteiger partial charge in [0.05, 0.1) is 11.9 Å². The fourth-order valence-corrected chi connectivity index (χ4v) is 8.99. The molecule has 1 N–H and O–H groups in total. The Morgan fingerprint density at radius 2 is 1.74 bits per heavy atom. The van der Waals surface area contributed by atoms with Crippen molar-refractivity contribution in [2.75, 3.05) is 0 Å². The smallest absolute Gasteiger partial charge is 0.335 e.